The van der Waals surface area contributed by atoms with Gasteiger partial charge in [-0.1, -0.05) is 18.2 Å². The number of methoxy groups -OCH3 is 1. The zero-order valence-electron chi connectivity index (χ0n) is 15.9. The molecule has 1 amide bonds. The molecule has 0 saturated heterocycles. The first kappa shape index (κ1) is 18.7. The molecule has 0 bridgehead atoms. The molecule has 0 saturated carbocycles. The van der Waals surface area contributed by atoms with E-state index >= 15 is 0 Å². The van der Waals surface area contributed by atoms with Crippen molar-refractivity contribution in [3.05, 3.63) is 96.2 Å². The van der Waals surface area contributed by atoms with Gasteiger partial charge in [-0.25, -0.2) is 9.37 Å². The topological polar surface area (TPSA) is 55.6 Å². The molecule has 29 heavy (non-hydrogen) atoms. The van der Waals surface area contributed by atoms with Crippen molar-refractivity contribution in [3.63, 3.8) is 0 Å². The molecule has 0 aliphatic rings. The molecule has 0 spiro atoms. The van der Waals surface area contributed by atoms with Gasteiger partial charge in [-0.3, -0.25) is 4.79 Å². The highest BCUT2D eigenvalue weighted by Gasteiger charge is 2.22. The first-order valence-electron chi connectivity index (χ1n) is 9.25. The lowest BCUT2D eigenvalue weighted by atomic mass is 9.92. The van der Waals surface area contributed by atoms with Crippen LogP contribution in [-0.4, -0.2) is 22.4 Å². The fourth-order valence-electron chi connectivity index (χ4n) is 3.39. The number of benzene rings is 2. The second kappa shape index (κ2) is 8.14. The van der Waals surface area contributed by atoms with Gasteiger partial charge >= 0.3 is 0 Å². The van der Waals surface area contributed by atoms with Gasteiger partial charge in [0.25, 0.3) is 0 Å². The molecule has 146 valence electrons. The van der Waals surface area contributed by atoms with E-state index in [0.717, 1.165) is 22.7 Å². The molecule has 0 aliphatic carbocycles. The van der Waals surface area contributed by atoms with E-state index in [4.69, 9.17) is 4.74 Å². The smallest absolute Gasteiger partial charge is 0.225 e. The molecular weight excluding hydrogens is 369 g/mol. The number of nitrogens with zero attached hydrogens (tertiary/aromatic N) is 2. The third-order valence-electron chi connectivity index (χ3n) is 4.82. The highest BCUT2D eigenvalue weighted by molar-refractivity contribution is 5.91. The summed E-state index contributed by atoms with van der Waals surface area (Å²) in [4.78, 5) is 17.3. The van der Waals surface area contributed by atoms with Crippen LogP contribution in [0.25, 0.3) is 5.65 Å². The second-order valence-corrected chi connectivity index (χ2v) is 6.70. The van der Waals surface area contributed by atoms with E-state index in [2.05, 4.69) is 10.3 Å². The van der Waals surface area contributed by atoms with E-state index in [1.807, 2.05) is 53.1 Å². The Labute approximate surface area is 167 Å². The summed E-state index contributed by atoms with van der Waals surface area (Å²) in [5.41, 5.74) is 3.22. The maximum Gasteiger partial charge on any atom is 0.225 e. The number of nitrogens with one attached hydrogen (secondary N) is 1. The number of aromatic nitrogens is 2. The molecular formula is C23H20FN3O2. The van der Waals surface area contributed by atoms with Gasteiger partial charge in [0.15, 0.2) is 0 Å². The molecule has 1 N–H and O–H groups in total. The molecule has 1 unspecified atom stereocenters. The quantitative estimate of drug-likeness (QED) is 0.523. The average Bonchev–Trinajstić information content (AvgIpc) is 3.17. The molecule has 5 nitrogen and oxygen atoms in total. The number of carbonyl (C=O) groups is 1. The number of halogens is 1. The Morgan fingerprint density at radius 3 is 2.76 bits per heavy atom. The Morgan fingerprint density at radius 1 is 1.14 bits per heavy atom. The summed E-state index contributed by atoms with van der Waals surface area (Å²) >= 11 is 0. The summed E-state index contributed by atoms with van der Waals surface area (Å²) in [5, 5.41) is 2.84. The summed E-state index contributed by atoms with van der Waals surface area (Å²) in [5.74, 6) is -0.0264. The van der Waals surface area contributed by atoms with Crippen LogP contribution in [0.5, 0.6) is 5.75 Å². The van der Waals surface area contributed by atoms with Crippen molar-refractivity contribution < 1.29 is 13.9 Å². The first-order chi connectivity index (χ1) is 14.1. The number of anilines is 1. The van der Waals surface area contributed by atoms with Crippen molar-refractivity contribution in [2.75, 3.05) is 12.4 Å². The van der Waals surface area contributed by atoms with Gasteiger partial charge in [-0.15, -0.1) is 0 Å². The molecule has 2 aromatic heterocycles. The number of hydrogen-bond acceptors (Lipinski definition) is 3. The third-order valence-corrected chi connectivity index (χ3v) is 4.82. The van der Waals surface area contributed by atoms with Crippen LogP contribution in [-0.2, 0) is 4.79 Å². The third kappa shape index (κ3) is 4.11. The average molecular weight is 389 g/mol. The fourth-order valence-corrected chi connectivity index (χ4v) is 3.39. The number of ether oxygens (including phenoxy) is 1. The first-order valence-corrected chi connectivity index (χ1v) is 9.25. The monoisotopic (exact) mass is 389 g/mol. The second-order valence-electron chi connectivity index (χ2n) is 6.70. The highest BCUT2D eigenvalue weighted by Crippen LogP contribution is 2.31. The zero-order chi connectivity index (χ0) is 20.2. The lowest BCUT2D eigenvalue weighted by molar-refractivity contribution is -0.116. The van der Waals surface area contributed by atoms with Gasteiger partial charge in [0, 0.05) is 30.4 Å². The molecule has 4 rings (SSSR count). The minimum absolute atomic E-state index is 0.171. The molecule has 2 heterocycles. The van der Waals surface area contributed by atoms with Gasteiger partial charge in [-0.2, -0.15) is 0 Å². The Morgan fingerprint density at radius 2 is 1.97 bits per heavy atom. The lowest BCUT2D eigenvalue weighted by Gasteiger charge is -2.18. The summed E-state index contributed by atoms with van der Waals surface area (Å²) in [6, 6.07) is 19.2. The lowest BCUT2D eigenvalue weighted by Crippen LogP contribution is -2.17. The predicted molar refractivity (Wildman–Crippen MR) is 110 cm³/mol. The largest absolute Gasteiger partial charge is 0.497 e. The number of imidazole rings is 1. The van der Waals surface area contributed by atoms with Gasteiger partial charge in [0.05, 0.1) is 12.8 Å². The number of hydrogen-bond donors (Lipinski definition) is 1. The van der Waals surface area contributed by atoms with Gasteiger partial charge < -0.3 is 14.5 Å². The van der Waals surface area contributed by atoms with E-state index in [1.54, 1.807) is 25.4 Å². The molecule has 1 atom stereocenters. The molecule has 0 fully saturated rings. The molecule has 4 aromatic rings. The molecule has 2 aromatic carbocycles. The van der Waals surface area contributed by atoms with E-state index in [1.165, 1.54) is 12.1 Å². The van der Waals surface area contributed by atoms with Crippen molar-refractivity contribution in [3.8, 4) is 5.75 Å². The van der Waals surface area contributed by atoms with Gasteiger partial charge in [-0.05, 0) is 54.1 Å². The number of rotatable bonds is 6. The van der Waals surface area contributed by atoms with Crippen LogP contribution in [0.4, 0.5) is 10.1 Å². The zero-order valence-corrected chi connectivity index (χ0v) is 15.9. The van der Waals surface area contributed by atoms with Crippen LogP contribution in [0.1, 0.15) is 23.6 Å². The predicted octanol–water partition coefficient (Wildman–Crippen LogP) is 4.64. The van der Waals surface area contributed by atoms with Crippen LogP contribution in [0.15, 0.2) is 79.1 Å². The standard InChI is InChI=1S/C23H20FN3O2/c1-29-19-6-4-5-16(13-19)20(21-15-25-22-7-2-3-12-27(21)22)14-23(28)26-18-10-8-17(24)9-11-18/h2-13,15,20H,14H2,1H3,(H,26,28). The van der Waals surface area contributed by atoms with E-state index in [-0.39, 0.29) is 24.1 Å². The number of amides is 1. The summed E-state index contributed by atoms with van der Waals surface area (Å²) in [6.45, 7) is 0. The Balaban J connectivity index is 1.68. The highest BCUT2D eigenvalue weighted by atomic mass is 19.1. The van der Waals surface area contributed by atoms with Crippen LogP contribution in [0, 0.1) is 5.82 Å². The van der Waals surface area contributed by atoms with Crippen molar-refractivity contribution in [1.82, 2.24) is 9.38 Å². The molecule has 0 aliphatic heterocycles. The number of fused-ring (bicyclic) bond motifs is 1. The number of pyridine rings is 1. The Hall–Kier alpha value is -3.67. The van der Waals surface area contributed by atoms with Crippen molar-refractivity contribution in [2.24, 2.45) is 0 Å². The molecule has 0 radical (unpaired) electrons. The van der Waals surface area contributed by atoms with E-state index in [9.17, 15) is 9.18 Å². The minimum Gasteiger partial charge on any atom is -0.497 e. The Kier molecular flexibility index (Phi) is 5.24. The van der Waals surface area contributed by atoms with Gasteiger partial charge in [0.1, 0.15) is 17.2 Å². The normalized spacial score (nSPS) is 11.9. The van der Waals surface area contributed by atoms with Crippen LogP contribution in [0.2, 0.25) is 0 Å². The maximum atomic E-state index is 13.1. The van der Waals surface area contributed by atoms with E-state index < -0.39 is 0 Å². The Bertz CT molecular complexity index is 1140. The van der Waals surface area contributed by atoms with E-state index in [0.29, 0.717) is 5.69 Å². The van der Waals surface area contributed by atoms with Crippen LogP contribution < -0.4 is 10.1 Å². The maximum absolute atomic E-state index is 13.1. The summed E-state index contributed by atoms with van der Waals surface area (Å²) in [7, 11) is 1.61. The van der Waals surface area contributed by atoms with Crippen molar-refractivity contribution >= 4 is 17.2 Å². The SMILES string of the molecule is COc1cccc(C(CC(=O)Nc2ccc(F)cc2)c2cnc3ccccn23)c1. The van der Waals surface area contributed by atoms with Crippen LogP contribution in [0.3, 0.4) is 0 Å². The minimum atomic E-state index is -0.344. The fraction of sp³-hybridized carbons (Fsp3) is 0.130. The van der Waals surface area contributed by atoms with Crippen molar-refractivity contribution in [2.45, 2.75) is 12.3 Å². The van der Waals surface area contributed by atoms with Gasteiger partial charge in [0.2, 0.25) is 5.91 Å². The molecule has 6 heteroatoms. The number of carbonyl (C=O) groups excluding carboxylic acids is 1. The summed E-state index contributed by atoms with van der Waals surface area (Å²) in [6.07, 6.45) is 3.93. The van der Waals surface area contributed by atoms with Crippen molar-refractivity contribution in [1.29, 1.82) is 0 Å². The van der Waals surface area contributed by atoms with Crippen LogP contribution >= 0.6 is 0 Å². The summed E-state index contributed by atoms with van der Waals surface area (Å²) < 4.78 is 20.5.